The molecule has 14 heavy (non-hydrogen) atoms. The lowest BCUT2D eigenvalue weighted by Crippen LogP contribution is -2.60. The maximum absolute atomic E-state index is 9.63. The van der Waals surface area contributed by atoms with Crippen LogP contribution in [0.4, 0.5) is 0 Å². The van der Waals surface area contributed by atoms with E-state index in [1.807, 2.05) is 0 Å². The summed E-state index contributed by atoms with van der Waals surface area (Å²) in [6.45, 7) is 0. The first-order valence-corrected chi connectivity index (χ1v) is 3.61. The van der Waals surface area contributed by atoms with Crippen LogP contribution in [0.25, 0.3) is 0 Å². The Balaban J connectivity index is 2.63. The van der Waals surface area contributed by atoms with Gasteiger partial charge in [-0.1, -0.05) is 5.06 Å². The second-order valence-electron chi connectivity index (χ2n) is 3.17. The molecule has 2 heterocycles. The highest BCUT2D eigenvalue weighted by atomic mass is 16.7. The summed E-state index contributed by atoms with van der Waals surface area (Å²) in [4.78, 5) is 3.35. The molecule has 1 saturated heterocycles. The third kappa shape index (κ3) is 0.746. The number of hydrogen-bond donors (Lipinski definition) is 6. The highest BCUT2D eigenvalue weighted by Gasteiger charge is 2.72. The van der Waals surface area contributed by atoms with Crippen molar-refractivity contribution >= 4 is 6.21 Å². The minimum absolute atomic E-state index is 0.572. The third-order valence-electron chi connectivity index (χ3n) is 2.34. The minimum atomic E-state index is -3.25. The van der Waals surface area contributed by atoms with Crippen LogP contribution in [0.3, 0.4) is 0 Å². The van der Waals surface area contributed by atoms with Crippen LogP contribution < -0.4 is 0 Å². The lowest BCUT2D eigenvalue weighted by Gasteiger charge is -2.31. The summed E-state index contributed by atoms with van der Waals surface area (Å²) in [5.41, 5.74) is -3.18. The summed E-state index contributed by atoms with van der Waals surface area (Å²) in [7, 11) is 0. The maximum atomic E-state index is 9.63. The predicted molar refractivity (Wildman–Crippen MR) is 39.5 cm³/mol. The first-order valence-electron chi connectivity index (χ1n) is 3.61. The average Bonchev–Trinajstić information content (AvgIpc) is 2.50. The van der Waals surface area contributed by atoms with E-state index in [0.717, 1.165) is 6.20 Å². The smallest absolute Gasteiger partial charge is 0.292 e. The molecule has 0 amide bonds. The van der Waals surface area contributed by atoms with E-state index in [4.69, 9.17) is 5.21 Å². The van der Waals surface area contributed by atoms with E-state index in [1.165, 1.54) is 0 Å². The Bertz CT molecular complexity index is 348. The summed E-state index contributed by atoms with van der Waals surface area (Å²) in [5, 5.41) is 55.1. The number of hydrogen-bond acceptors (Lipinski definition) is 8. The molecule has 0 radical (unpaired) electrons. The van der Waals surface area contributed by atoms with Crippen LogP contribution in [0.5, 0.6) is 0 Å². The zero-order valence-corrected chi connectivity index (χ0v) is 6.73. The quantitative estimate of drug-likeness (QED) is 0.227. The molecule has 2 aliphatic rings. The van der Waals surface area contributed by atoms with Gasteiger partial charge in [0.25, 0.3) is 11.8 Å². The highest BCUT2D eigenvalue weighted by molar-refractivity contribution is 5.81. The molecule has 0 bridgehead atoms. The van der Waals surface area contributed by atoms with Crippen LogP contribution in [0.1, 0.15) is 0 Å². The normalized spacial score (nSPS) is 38.6. The molecule has 8 heteroatoms. The van der Waals surface area contributed by atoms with Crippen molar-refractivity contribution in [3.63, 3.8) is 0 Å². The molecule has 0 saturated carbocycles. The van der Waals surface area contributed by atoms with Gasteiger partial charge in [0.15, 0.2) is 0 Å². The van der Waals surface area contributed by atoms with Crippen LogP contribution in [-0.4, -0.2) is 59.4 Å². The molecule has 2 rings (SSSR count). The molecule has 0 spiro atoms. The molecule has 1 unspecified atom stereocenters. The van der Waals surface area contributed by atoms with E-state index >= 15 is 0 Å². The number of aliphatic imine (C=N–C) groups is 1. The largest absolute Gasteiger partial charge is 0.373 e. The molecular weight excluding hydrogens is 196 g/mol. The van der Waals surface area contributed by atoms with Gasteiger partial charge in [0.1, 0.15) is 0 Å². The van der Waals surface area contributed by atoms with E-state index in [2.05, 4.69) is 4.99 Å². The molecule has 1 atom stereocenters. The highest BCUT2D eigenvalue weighted by Crippen LogP contribution is 2.46. The standard InChI is InChI=1S/C6H8N2O6/c9-4-2-7-1-3(4)5(10,11)8(14)6(4,12)13/h1-2,9-14H. The van der Waals surface area contributed by atoms with Crippen LogP contribution in [0, 0.1) is 0 Å². The molecule has 0 aromatic rings. The fraction of sp³-hybridized carbons (Fsp3) is 0.500. The van der Waals surface area contributed by atoms with Gasteiger partial charge >= 0.3 is 0 Å². The first kappa shape index (κ1) is 9.68. The number of nitrogens with zero attached hydrogens (tertiary/aromatic N) is 2. The van der Waals surface area contributed by atoms with Gasteiger partial charge in [-0.25, -0.2) is 0 Å². The van der Waals surface area contributed by atoms with Crippen molar-refractivity contribution in [2.45, 2.75) is 17.4 Å². The van der Waals surface area contributed by atoms with Gasteiger partial charge in [-0.2, -0.15) is 0 Å². The van der Waals surface area contributed by atoms with E-state index < -0.39 is 28.1 Å². The number of aliphatic hydroxyl groups is 5. The monoisotopic (exact) mass is 204 g/mol. The molecule has 6 N–H and O–H groups in total. The van der Waals surface area contributed by atoms with E-state index in [-0.39, 0.29) is 0 Å². The molecule has 0 aromatic heterocycles. The minimum Gasteiger partial charge on any atom is -0.373 e. The van der Waals surface area contributed by atoms with Crippen LogP contribution in [0.15, 0.2) is 16.8 Å². The Labute approximate surface area is 77.2 Å². The molecule has 78 valence electrons. The van der Waals surface area contributed by atoms with E-state index in [1.54, 1.807) is 0 Å². The fourth-order valence-corrected chi connectivity index (χ4v) is 1.49. The average molecular weight is 204 g/mol. The van der Waals surface area contributed by atoms with Gasteiger partial charge in [0.2, 0.25) is 5.60 Å². The van der Waals surface area contributed by atoms with E-state index in [0.29, 0.717) is 6.21 Å². The molecule has 0 aliphatic carbocycles. The topological polar surface area (TPSA) is 137 Å². The fourth-order valence-electron chi connectivity index (χ4n) is 1.49. The van der Waals surface area contributed by atoms with Crippen molar-refractivity contribution in [2.24, 2.45) is 4.99 Å². The first-order chi connectivity index (χ1) is 6.24. The van der Waals surface area contributed by atoms with E-state index in [9.17, 15) is 25.5 Å². The molecule has 2 aliphatic heterocycles. The van der Waals surface area contributed by atoms with Crippen LogP contribution in [-0.2, 0) is 0 Å². The van der Waals surface area contributed by atoms with Crippen molar-refractivity contribution < 1.29 is 30.7 Å². The van der Waals surface area contributed by atoms with Crippen molar-refractivity contribution in [2.75, 3.05) is 0 Å². The molecular formula is C6H8N2O6. The summed E-state index contributed by atoms with van der Waals surface area (Å²) in [6, 6.07) is 0. The van der Waals surface area contributed by atoms with Gasteiger partial charge < -0.3 is 30.7 Å². The van der Waals surface area contributed by atoms with Gasteiger partial charge in [-0.15, -0.1) is 0 Å². The lowest BCUT2D eigenvalue weighted by atomic mass is 9.96. The molecule has 1 fully saturated rings. The second-order valence-corrected chi connectivity index (χ2v) is 3.17. The Hall–Kier alpha value is -0.870. The predicted octanol–water partition coefficient (Wildman–Crippen LogP) is -3.33. The summed E-state index contributed by atoms with van der Waals surface area (Å²) in [5.74, 6) is -6.32. The Morgan fingerprint density at radius 1 is 1.14 bits per heavy atom. The van der Waals surface area contributed by atoms with Gasteiger partial charge in [-0.05, 0) is 0 Å². The second kappa shape index (κ2) is 2.20. The van der Waals surface area contributed by atoms with Gasteiger partial charge in [0.05, 0.1) is 5.57 Å². The molecule has 8 nitrogen and oxygen atoms in total. The summed E-state index contributed by atoms with van der Waals surface area (Å²) in [6.07, 6.45) is 1.50. The van der Waals surface area contributed by atoms with Gasteiger partial charge in [-0.3, -0.25) is 4.99 Å². The van der Waals surface area contributed by atoms with Crippen molar-refractivity contribution in [3.05, 3.63) is 11.8 Å². The summed E-state index contributed by atoms with van der Waals surface area (Å²) >= 11 is 0. The summed E-state index contributed by atoms with van der Waals surface area (Å²) < 4.78 is 0. The van der Waals surface area contributed by atoms with Crippen LogP contribution >= 0.6 is 0 Å². The SMILES string of the molecule is ON1C(O)(O)C2=CN=CC2(O)C1(O)O. The number of hydroxylamine groups is 2. The maximum Gasteiger partial charge on any atom is 0.292 e. The van der Waals surface area contributed by atoms with Crippen molar-refractivity contribution in [1.29, 1.82) is 0 Å². The number of rotatable bonds is 0. The van der Waals surface area contributed by atoms with Crippen LogP contribution in [0.2, 0.25) is 0 Å². The Morgan fingerprint density at radius 2 is 1.71 bits per heavy atom. The number of fused-ring (bicyclic) bond motifs is 1. The Kier molecular flexibility index (Phi) is 1.52. The van der Waals surface area contributed by atoms with Gasteiger partial charge in [0, 0.05) is 12.4 Å². The third-order valence-corrected chi connectivity index (χ3v) is 2.34. The zero-order valence-electron chi connectivity index (χ0n) is 6.73. The molecule has 0 aromatic carbocycles. The Morgan fingerprint density at radius 3 is 2.21 bits per heavy atom. The van der Waals surface area contributed by atoms with Crippen molar-refractivity contribution in [3.8, 4) is 0 Å². The van der Waals surface area contributed by atoms with Crippen molar-refractivity contribution in [1.82, 2.24) is 5.06 Å². The zero-order chi connectivity index (χ0) is 10.8. The lowest BCUT2D eigenvalue weighted by molar-refractivity contribution is -0.449.